The molecule has 1 amide bonds. The van der Waals surface area contributed by atoms with Gasteiger partial charge in [-0.15, -0.1) is 0 Å². The maximum absolute atomic E-state index is 11.6. The molecule has 25 heavy (non-hydrogen) atoms. The van der Waals surface area contributed by atoms with Crippen molar-refractivity contribution < 1.29 is 4.79 Å². The first-order valence-corrected chi connectivity index (χ1v) is 7.60. The molecule has 0 aliphatic rings. The molecule has 2 aromatic carbocycles. The zero-order valence-corrected chi connectivity index (χ0v) is 13.4. The Morgan fingerprint density at radius 2 is 1.96 bits per heavy atom. The molecule has 125 valence electrons. The van der Waals surface area contributed by atoms with Gasteiger partial charge in [0.1, 0.15) is 5.82 Å². The molecule has 7 nitrogen and oxygen atoms in total. The quantitative estimate of drug-likeness (QED) is 0.514. The number of anilines is 4. The number of carbonyl (C=O) groups excluding carboxylic acids is 1. The average Bonchev–Trinajstić information content (AvgIpc) is 2.63. The van der Waals surface area contributed by atoms with Crippen molar-refractivity contribution in [3.63, 3.8) is 0 Å². The maximum Gasteiger partial charge on any atom is 0.254 e. The summed E-state index contributed by atoms with van der Waals surface area (Å²) in [6.45, 7) is 0.507. The predicted molar refractivity (Wildman–Crippen MR) is 97.3 cm³/mol. The zero-order chi connectivity index (χ0) is 17.6. The van der Waals surface area contributed by atoms with E-state index in [9.17, 15) is 4.79 Å². The lowest BCUT2D eigenvalue weighted by Crippen LogP contribution is -2.17. The highest BCUT2D eigenvalue weighted by Crippen LogP contribution is 2.18. The first-order chi connectivity index (χ1) is 12.1. The number of rotatable bonds is 6. The van der Waals surface area contributed by atoms with Crippen LogP contribution in [-0.4, -0.2) is 15.9 Å². The molecule has 0 aliphatic heterocycles. The molecule has 1 aromatic heterocycles. The van der Waals surface area contributed by atoms with Gasteiger partial charge in [-0.05, 0) is 23.8 Å². The second-order valence-electron chi connectivity index (χ2n) is 5.32. The Balaban J connectivity index is 1.81. The van der Waals surface area contributed by atoms with Crippen LogP contribution >= 0.6 is 0 Å². The van der Waals surface area contributed by atoms with E-state index < -0.39 is 5.91 Å². The molecule has 0 saturated heterocycles. The van der Waals surface area contributed by atoms with Crippen molar-refractivity contribution in [2.24, 2.45) is 5.73 Å². The normalized spacial score (nSPS) is 10.2. The number of carbonyl (C=O) groups is 1. The molecule has 0 fully saturated rings. The number of nitrogens with one attached hydrogen (secondary N) is 2. The van der Waals surface area contributed by atoms with Gasteiger partial charge in [-0.25, -0.2) is 4.98 Å². The Kier molecular flexibility index (Phi) is 4.75. The van der Waals surface area contributed by atoms with E-state index in [0.717, 1.165) is 11.3 Å². The number of nitrogens with zero attached hydrogens (tertiary/aromatic N) is 2. The molecular weight excluding hydrogens is 316 g/mol. The number of benzene rings is 2. The third kappa shape index (κ3) is 4.23. The van der Waals surface area contributed by atoms with Crippen molar-refractivity contribution in [1.29, 1.82) is 0 Å². The van der Waals surface area contributed by atoms with Crippen LogP contribution in [0.4, 0.5) is 23.1 Å². The van der Waals surface area contributed by atoms with E-state index in [4.69, 9.17) is 11.5 Å². The van der Waals surface area contributed by atoms with Crippen LogP contribution in [0, 0.1) is 6.07 Å². The van der Waals surface area contributed by atoms with Gasteiger partial charge in [-0.2, -0.15) is 4.98 Å². The van der Waals surface area contributed by atoms with Crippen LogP contribution in [0.1, 0.15) is 15.9 Å². The highest BCUT2D eigenvalue weighted by molar-refractivity contribution is 5.97. The van der Waals surface area contributed by atoms with Gasteiger partial charge in [0.05, 0.1) is 5.56 Å². The van der Waals surface area contributed by atoms with Crippen LogP contribution in [0.5, 0.6) is 0 Å². The predicted octanol–water partition coefficient (Wildman–Crippen LogP) is 2.31. The molecular formula is C18H17N6O. The summed E-state index contributed by atoms with van der Waals surface area (Å²) in [4.78, 5) is 20.1. The van der Waals surface area contributed by atoms with Gasteiger partial charge in [0.2, 0.25) is 5.95 Å². The average molecular weight is 333 g/mol. The first kappa shape index (κ1) is 16.3. The number of hydrogen-bond donors (Lipinski definition) is 4. The fourth-order valence-electron chi connectivity index (χ4n) is 2.18. The van der Waals surface area contributed by atoms with Crippen molar-refractivity contribution in [2.75, 3.05) is 16.4 Å². The monoisotopic (exact) mass is 333 g/mol. The molecule has 0 saturated carbocycles. The second-order valence-corrected chi connectivity index (χ2v) is 5.32. The van der Waals surface area contributed by atoms with Gasteiger partial charge in [-0.3, -0.25) is 4.79 Å². The second kappa shape index (κ2) is 7.31. The smallest absolute Gasteiger partial charge is 0.254 e. The van der Waals surface area contributed by atoms with E-state index in [1.165, 1.54) is 6.20 Å². The molecule has 3 rings (SSSR count). The Morgan fingerprint density at radius 3 is 2.64 bits per heavy atom. The number of primary amides is 1. The molecule has 6 N–H and O–H groups in total. The van der Waals surface area contributed by atoms with Crippen LogP contribution in [0.2, 0.25) is 0 Å². The van der Waals surface area contributed by atoms with E-state index >= 15 is 0 Å². The number of nitrogen functional groups attached to an aromatic ring is 1. The van der Waals surface area contributed by atoms with Crippen molar-refractivity contribution in [1.82, 2.24) is 9.97 Å². The van der Waals surface area contributed by atoms with Gasteiger partial charge in [0.15, 0.2) is 0 Å². The van der Waals surface area contributed by atoms with Crippen molar-refractivity contribution >= 4 is 29.0 Å². The summed E-state index contributed by atoms with van der Waals surface area (Å²) >= 11 is 0. The lowest BCUT2D eigenvalue weighted by molar-refractivity contribution is 0.100. The standard InChI is InChI=1S/C18H17N6O/c19-13-6-8-14(9-7-13)23-18-22-11-15(16(20)25)17(24-18)21-10-12-4-2-1-3-5-12/h1-6,8-9,11H,10,19H2,(H2,20,25)(H2,21,22,23,24). The van der Waals surface area contributed by atoms with Gasteiger partial charge in [-0.1, -0.05) is 30.3 Å². The van der Waals surface area contributed by atoms with E-state index in [-0.39, 0.29) is 5.56 Å². The largest absolute Gasteiger partial charge is 0.398 e. The summed E-state index contributed by atoms with van der Waals surface area (Å²) in [6, 6.07) is 17.8. The number of hydrogen-bond acceptors (Lipinski definition) is 6. The van der Waals surface area contributed by atoms with E-state index in [0.29, 0.717) is 24.0 Å². The van der Waals surface area contributed by atoms with Crippen molar-refractivity contribution in [3.8, 4) is 0 Å². The first-order valence-electron chi connectivity index (χ1n) is 7.60. The van der Waals surface area contributed by atoms with E-state index in [1.807, 2.05) is 30.3 Å². The van der Waals surface area contributed by atoms with Crippen LogP contribution < -0.4 is 22.1 Å². The zero-order valence-electron chi connectivity index (χ0n) is 13.4. The molecule has 0 atom stereocenters. The maximum atomic E-state index is 11.6. The molecule has 1 radical (unpaired) electrons. The van der Waals surface area contributed by atoms with Gasteiger partial charge in [0.25, 0.3) is 5.91 Å². The summed E-state index contributed by atoms with van der Waals surface area (Å²) in [5.41, 5.74) is 13.6. The number of aromatic nitrogens is 2. The van der Waals surface area contributed by atoms with Crippen LogP contribution in [0.25, 0.3) is 0 Å². The van der Waals surface area contributed by atoms with Gasteiger partial charge in [0, 0.05) is 30.2 Å². The molecule has 3 aromatic rings. The topological polar surface area (TPSA) is 119 Å². The summed E-state index contributed by atoms with van der Waals surface area (Å²) in [5, 5.41) is 6.16. The van der Waals surface area contributed by atoms with Crippen LogP contribution in [-0.2, 0) is 6.54 Å². The Morgan fingerprint density at radius 1 is 1.16 bits per heavy atom. The van der Waals surface area contributed by atoms with Crippen LogP contribution in [0.15, 0.2) is 54.7 Å². The van der Waals surface area contributed by atoms with Crippen molar-refractivity contribution in [2.45, 2.75) is 6.54 Å². The highest BCUT2D eigenvalue weighted by Gasteiger charge is 2.12. The lowest BCUT2D eigenvalue weighted by Gasteiger charge is -2.11. The number of amides is 1. The molecule has 0 unspecified atom stereocenters. The number of nitrogens with two attached hydrogens (primary N) is 2. The van der Waals surface area contributed by atoms with Crippen molar-refractivity contribution in [3.05, 3.63) is 71.9 Å². The minimum atomic E-state index is -0.595. The summed E-state index contributed by atoms with van der Waals surface area (Å²) < 4.78 is 0. The molecule has 0 bridgehead atoms. The Hall–Kier alpha value is -3.61. The Labute approximate surface area is 145 Å². The van der Waals surface area contributed by atoms with E-state index in [2.05, 4.69) is 26.7 Å². The fourth-order valence-corrected chi connectivity index (χ4v) is 2.18. The van der Waals surface area contributed by atoms with Gasteiger partial charge >= 0.3 is 0 Å². The third-order valence-electron chi connectivity index (χ3n) is 3.45. The summed E-state index contributed by atoms with van der Waals surface area (Å²) in [7, 11) is 0. The lowest BCUT2D eigenvalue weighted by atomic mass is 10.2. The van der Waals surface area contributed by atoms with Gasteiger partial charge < -0.3 is 22.1 Å². The fraction of sp³-hybridized carbons (Fsp3) is 0.0556. The minimum absolute atomic E-state index is 0.227. The SMILES string of the molecule is NC(=O)c1cnc(Nc2c[c]c(N)cc2)nc1NCc1ccccc1. The molecule has 0 aliphatic carbocycles. The van der Waals surface area contributed by atoms with E-state index in [1.54, 1.807) is 18.2 Å². The highest BCUT2D eigenvalue weighted by atomic mass is 16.1. The third-order valence-corrected chi connectivity index (χ3v) is 3.45. The minimum Gasteiger partial charge on any atom is -0.398 e. The summed E-state index contributed by atoms with van der Waals surface area (Å²) in [5.74, 6) is 0.106. The summed E-state index contributed by atoms with van der Waals surface area (Å²) in [6.07, 6.45) is 1.39. The molecule has 1 heterocycles. The molecule has 7 heteroatoms. The molecule has 0 spiro atoms. The van der Waals surface area contributed by atoms with Crippen LogP contribution in [0.3, 0.4) is 0 Å². The Bertz CT molecular complexity index is 864.